The van der Waals surface area contributed by atoms with Crippen molar-refractivity contribution in [2.24, 2.45) is 7.05 Å². The molecule has 3 rings (SSSR count). The maximum absolute atomic E-state index is 13.2. The van der Waals surface area contributed by atoms with Crippen molar-refractivity contribution in [1.82, 2.24) is 19.2 Å². The van der Waals surface area contributed by atoms with Crippen molar-refractivity contribution in [2.75, 3.05) is 26.7 Å². The predicted octanol–water partition coefficient (Wildman–Crippen LogP) is 0.603. The molecule has 0 radical (unpaired) electrons. The lowest BCUT2D eigenvalue weighted by Gasteiger charge is -2.34. The predicted molar refractivity (Wildman–Crippen MR) is 88.4 cm³/mol. The summed E-state index contributed by atoms with van der Waals surface area (Å²) in [4.78, 5) is 16.2. The van der Waals surface area contributed by atoms with E-state index in [2.05, 4.69) is 10.3 Å². The number of esters is 1. The Balaban J connectivity index is 2.03. The highest BCUT2D eigenvalue weighted by atomic mass is 32.2. The molecule has 1 fully saturated rings. The van der Waals surface area contributed by atoms with E-state index in [4.69, 9.17) is 4.74 Å². The third-order valence-electron chi connectivity index (χ3n) is 3.94. The van der Waals surface area contributed by atoms with Crippen molar-refractivity contribution in [3.63, 3.8) is 0 Å². The maximum Gasteiger partial charge on any atom is 0.349 e. The highest BCUT2D eigenvalue weighted by Crippen LogP contribution is 2.31. The number of hydrogen-bond acceptors (Lipinski definition) is 7. The van der Waals surface area contributed by atoms with Crippen molar-refractivity contribution in [3.05, 3.63) is 34.5 Å². The van der Waals surface area contributed by atoms with Gasteiger partial charge in [-0.15, -0.1) is 11.3 Å². The van der Waals surface area contributed by atoms with E-state index in [0.29, 0.717) is 25.5 Å². The summed E-state index contributed by atoms with van der Waals surface area (Å²) in [6, 6.07) is 1.01. The molecule has 0 aromatic carbocycles. The Morgan fingerprint density at radius 1 is 1.50 bits per heavy atom. The number of carbonyl (C=O) groups is 1. The number of carbonyl (C=O) groups excluding carboxylic acids is 1. The molecule has 8 nitrogen and oxygen atoms in total. The molecule has 1 atom stereocenters. The molecule has 10 heteroatoms. The average molecular weight is 370 g/mol. The monoisotopic (exact) mass is 370 g/mol. The molecule has 0 saturated carbocycles. The molecule has 0 spiro atoms. The summed E-state index contributed by atoms with van der Waals surface area (Å²) in [7, 11) is -0.785. The van der Waals surface area contributed by atoms with Crippen LogP contribution in [0, 0.1) is 0 Å². The van der Waals surface area contributed by atoms with E-state index in [1.165, 1.54) is 17.5 Å². The van der Waals surface area contributed by atoms with Crippen molar-refractivity contribution >= 4 is 27.3 Å². The number of nitrogens with one attached hydrogen (secondary N) is 1. The number of nitrogens with zero attached hydrogens (tertiary/aromatic N) is 3. The van der Waals surface area contributed by atoms with E-state index in [0.717, 1.165) is 11.3 Å². The summed E-state index contributed by atoms with van der Waals surface area (Å²) in [5.41, 5.74) is 0. The van der Waals surface area contributed by atoms with E-state index >= 15 is 0 Å². The fraction of sp³-hybridized carbons (Fsp3) is 0.429. The Morgan fingerprint density at radius 3 is 2.96 bits per heavy atom. The molecule has 0 amide bonds. The molecular formula is C14H18N4O4S2. The van der Waals surface area contributed by atoms with Gasteiger partial charge in [-0.3, -0.25) is 0 Å². The fourth-order valence-electron chi connectivity index (χ4n) is 2.76. The second kappa shape index (κ2) is 6.63. The molecular weight excluding hydrogens is 352 g/mol. The Bertz CT molecular complexity index is 843. The number of rotatable bonds is 4. The number of piperazine rings is 1. The SMILES string of the molecule is COC(=O)c1sccc1S(=O)(=O)N1CCNCC1c1nccn1C. The number of aromatic nitrogens is 2. The molecule has 1 aliphatic heterocycles. The normalized spacial score (nSPS) is 19.3. The van der Waals surface area contributed by atoms with Crippen LogP contribution in [0.2, 0.25) is 0 Å². The summed E-state index contributed by atoms with van der Waals surface area (Å²) in [5, 5.41) is 4.78. The van der Waals surface area contributed by atoms with E-state index in [9.17, 15) is 13.2 Å². The zero-order valence-electron chi connectivity index (χ0n) is 13.3. The molecule has 2 aromatic heterocycles. The van der Waals surface area contributed by atoms with Gasteiger partial charge < -0.3 is 14.6 Å². The highest BCUT2D eigenvalue weighted by molar-refractivity contribution is 7.89. The van der Waals surface area contributed by atoms with Gasteiger partial charge in [-0.1, -0.05) is 0 Å². The number of methoxy groups -OCH3 is 1. The Kier molecular flexibility index (Phi) is 4.72. The Hall–Kier alpha value is -1.75. The number of sulfonamides is 1. The van der Waals surface area contributed by atoms with E-state index in [1.807, 2.05) is 7.05 Å². The van der Waals surface area contributed by atoms with Gasteiger partial charge in [-0.25, -0.2) is 18.2 Å². The van der Waals surface area contributed by atoms with Crippen LogP contribution < -0.4 is 5.32 Å². The summed E-state index contributed by atoms with van der Waals surface area (Å²) in [5.74, 6) is 0.00729. The van der Waals surface area contributed by atoms with Gasteiger partial charge in [0.05, 0.1) is 13.2 Å². The first kappa shape index (κ1) is 17.1. The quantitative estimate of drug-likeness (QED) is 0.793. The molecule has 2 aromatic rings. The fourth-order valence-corrected chi connectivity index (χ4v) is 5.66. The highest BCUT2D eigenvalue weighted by Gasteiger charge is 2.38. The smallest absolute Gasteiger partial charge is 0.349 e. The summed E-state index contributed by atoms with van der Waals surface area (Å²) >= 11 is 1.06. The number of imidazole rings is 1. The van der Waals surface area contributed by atoms with Gasteiger partial charge >= 0.3 is 5.97 Å². The van der Waals surface area contributed by atoms with Crippen LogP contribution in [0.15, 0.2) is 28.7 Å². The molecule has 0 bridgehead atoms. The van der Waals surface area contributed by atoms with Crippen LogP contribution in [-0.2, 0) is 21.8 Å². The van der Waals surface area contributed by atoms with Gasteiger partial charge in [0.2, 0.25) is 10.0 Å². The van der Waals surface area contributed by atoms with Crippen LogP contribution >= 0.6 is 11.3 Å². The summed E-state index contributed by atoms with van der Waals surface area (Å²) in [6.45, 7) is 1.30. The molecule has 1 aliphatic rings. The van der Waals surface area contributed by atoms with Gasteiger partial charge in [0.15, 0.2) is 0 Å². The standard InChI is InChI=1S/C14H18N4O4S2/c1-17-6-5-16-13(17)10-9-15-4-7-18(10)24(20,21)11-3-8-23-12(11)14(19)22-2/h3,5-6,8,10,15H,4,7,9H2,1-2H3. The van der Waals surface area contributed by atoms with Crippen LogP contribution in [0.25, 0.3) is 0 Å². The summed E-state index contributed by atoms with van der Waals surface area (Å²) < 4.78 is 34.2. The van der Waals surface area contributed by atoms with Gasteiger partial charge in [-0.2, -0.15) is 4.31 Å². The Labute approximate surface area is 144 Å². The van der Waals surface area contributed by atoms with Gasteiger partial charge in [0.1, 0.15) is 15.6 Å². The van der Waals surface area contributed by atoms with Crippen LogP contribution in [0.1, 0.15) is 21.5 Å². The minimum atomic E-state index is -3.85. The minimum Gasteiger partial charge on any atom is -0.465 e. The first-order chi connectivity index (χ1) is 11.5. The topological polar surface area (TPSA) is 93.5 Å². The molecule has 24 heavy (non-hydrogen) atoms. The molecule has 1 unspecified atom stereocenters. The van der Waals surface area contributed by atoms with E-state index in [-0.39, 0.29) is 9.77 Å². The lowest BCUT2D eigenvalue weighted by atomic mass is 10.2. The summed E-state index contributed by atoms with van der Waals surface area (Å²) in [6.07, 6.45) is 3.42. The molecule has 0 aliphatic carbocycles. The average Bonchev–Trinajstić information content (AvgIpc) is 3.23. The van der Waals surface area contributed by atoms with E-state index < -0.39 is 22.0 Å². The van der Waals surface area contributed by atoms with Crippen LogP contribution in [0.5, 0.6) is 0 Å². The van der Waals surface area contributed by atoms with Crippen LogP contribution in [0.4, 0.5) is 0 Å². The lowest BCUT2D eigenvalue weighted by Crippen LogP contribution is -2.49. The number of thiophene rings is 1. The van der Waals surface area contributed by atoms with Crippen molar-refractivity contribution in [3.8, 4) is 0 Å². The number of ether oxygens (including phenoxy) is 1. The number of hydrogen-bond donors (Lipinski definition) is 1. The van der Waals surface area contributed by atoms with Gasteiger partial charge in [0, 0.05) is 39.1 Å². The van der Waals surface area contributed by atoms with Gasteiger partial charge in [0.25, 0.3) is 0 Å². The first-order valence-electron chi connectivity index (χ1n) is 7.32. The minimum absolute atomic E-state index is 0.0135. The third kappa shape index (κ3) is 2.86. The van der Waals surface area contributed by atoms with Gasteiger partial charge in [-0.05, 0) is 11.4 Å². The van der Waals surface area contributed by atoms with Crippen LogP contribution in [0.3, 0.4) is 0 Å². The van der Waals surface area contributed by atoms with Crippen molar-refractivity contribution < 1.29 is 17.9 Å². The van der Waals surface area contributed by atoms with Crippen molar-refractivity contribution in [1.29, 1.82) is 0 Å². The van der Waals surface area contributed by atoms with Crippen molar-refractivity contribution in [2.45, 2.75) is 10.9 Å². The number of aryl methyl sites for hydroxylation is 1. The van der Waals surface area contributed by atoms with Crippen LogP contribution in [-0.4, -0.2) is 55.0 Å². The third-order valence-corrected chi connectivity index (χ3v) is 6.91. The van der Waals surface area contributed by atoms with E-state index in [1.54, 1.807) is 22.3 Å². The zero-order chi connectivity index (χ0) is 17.3. The second-order valence-electron chi connectivity index (χ2n) is 5.34. The molecule has 1 N–H and O–H groups in total. The Morgan fingerprint density at radius 2 is 2.29 bits per heavy atom. The first-order valence-corrected chi connectivity index (χ1v) is 9.64. The second-order valence-corrected chi connectivity index (χ2v) is 8.11. The lowest BCUT2D eigenvalue weighted by molar-refractivity contribution is 0.0602. The molecule has 1 saturated heterocycles. The largest absolute Gasteiger partial charge is 0.465 e. The zero-order valence-corrected chi connectivity index (χ0v) is 14.9. The molecule has 3 heterocycles. The maximum atomic E-state index is 13.2. The molecule has 130 valence electrons.